The van der Waals surface area contributed by atoms with Gasteiger partial charge in [-0.1, -0.05) is 31.2 Å². The second-order valence-electron chi connectivity index (χ2n) is 9.87. The predicted octanol–water partition coefficient (Wildman–Crippen LogP) is 2.59. The maximum absolute atomic E-state index is 13.8. The van der Waals surface area contributed by atoms with Gasteiger partial charge in [-0.3, -0.25) is 19.7 Å². The van der Waals surface area contributed by atoms with Crippen LogP contribution in [0.3, 0.4) is 0 Å². The van der Waals surface area contributed by atoms with Gasteiger partial charge in [-0.25, -0.2) is 4.98 Å². The summed E-state index contributed by atoms with van der Waals surface area (Å²) in [5.41, 5.74) is 7.77. The summed E-state index contributed by atoms with van der Waals surface area (Å²) in [5.74, 6) is 0.337. The zero-order valence-electron chi connectivity index (χ0n) is 23.0. The highest BCUT2D eigenvalue weighted by Gasteiger charge is 2.37. The third kappa shape index (κ3) is 7.26. The number of ether oxygens (including phenoxy) is 2. The average molecular weight is 548 g/mol. The summed E-state index contributed by atoms with van der Waals surface area (Å²) in [5, 5.41) is 7.88. The van der Waals surface area contributed by atoms with E-state index in [0.29, 0.717) is 44.1 Å². The van der Waals surface area contributed by atoms with Crippen LogP contribution in [-0.2, 0) is 32.1 Å². The molecule has 2 amide bonds. The molecule has 0 saturated carbocycles. The van der Waals surface area contributed by atoms with E-state index in [1.165, 1.54) is 0 Å². The number of carbonyl (C=O) groups is 3. The van der Waals surface area contributed by atoms with Crippen LogP contribution in [0, 0.1) is 0 Å². The first-order chi connectivity index (χ1) is 19.4. The van der Waals surface area contributed by atoms with Crippen molar-refractivity contribution in [1.29, 1.82) is 0 Å². The van der Waals surface area contributed by atoms with Crippen LogP contribution >= 0.6 is 0 Å². The van der Waals surface area contributed by atoms with Crippen molar-refractivity contribution in [1.82, 2.24) is 20.5 Å². The Balaban J connectivity index is 1.43. The first kappa shape index (κ1) is 28.8. The quantitative estimate of drug-likeness (QED) is 0.295. The number of methoxy groups -OCH3 is 1. The van der Waals surface area contributed by atoms with Crippen molar-refractivity contribution >= 4 is 34.4 Å². The molecular formula is C30H37N5O5. The Kier molecular flexibility index (Phi) is 9.91. The Morgan fingerprint density at radius 2 is 1.90 bits per heavy atom. The number of aromatic nitrogens is 1. The molecule has 4 N–H and O–H groups in total. The number of esters is 1. The Morgan fingerprint density at radius 1 is 1.12 bits per heavy atom. The predicted molar refractivity (Wildman–Crippen MR) is 152 cm³/mol. The molecule has 10 heteroatoms. The number of nitrogens with zero attached hydrogens (tertiary/aromatic N) is 2. The molecule has 2 atom stereocenters. The molecule has 212 valence electrons. The standard InChI is InChI=1S/C30H37N5O5/c1-3-15-40-27(36)19-33-25(17-20-6-9-23(39-2)10-7-20)30(38)35-14-4-5-26(35)29(37)34-18-21-8-11-24-22(16-21)12-13-32-28(24)31/h6-13,16,25-26,33H,3-5,14-15,17-19H2,1-2H3,(H2,31,32)(H,34,37)/t25-,26+/m1/s1. The maximum Gasteiger partial charge on any atom is 0.319 e. The van der Waals surface area contributed by atoms with Crippen LogP contribution < -0.4 is 21.1 Å². The van der Waals surface area contributed by atoms with Crippen molar-refractivity contribution in [3.63, 3.8) is 0 Å². The summed E-state index contributed by atoms with van der Waals surface area (Å²) < 4.78 is 10.4. The summed E-state index contributed by atoms with van der Waals surface area (Å²) in [7, 11) is 1.59. The summed E-state index contributed by atoms with van der Waals surface area (Å²) in [6.07, 6.45) is 4.02. The van der Waals surface area contributed by atoms with Crippen LogP contribution in [0.2, 0.25) is 0 Å². The van der Waals surface area contributed by atoms with Crippen molar-refractivity contribution in [3.05, 3.63) is 65.9 Å². The van der Waals surface area contributed by atoms with Crippen LogP contribution in [0.5, 0.6) is 5.75 Å². The van der Waals surface area contributed by atoms with E-state index in [9.17, 15) is 14.4 Å². The van der Waals surface area contributed by atoms with Crippen LogP contribution in [-0.4, -0.2) is 66.6 Å². The molecule has 0 unspecified atom stereocenters. The molecule has 0 spiro atoms. The van der Waals surface area contributed by atoms with Crippen LogP contribution in [0.15, 0.2) is 54.7 Å². The molecular weight excluding hydrogens is 510 g/mol. The lowest BCUT2D eigenvalue weighted by Crippen LogP contribution is -2.53. The van der Waals surface area contributed by atoms with Crippen molar-refractivity contribution in [2.75, 3.05) is 32.5 Å². The number of hydrogen-bond acceptors (Lipinski definition) is 8. The third-order valence-electron chi connectivity index (χ3n) is 7.02. The van der Waals surface area contributed by atoms with Crippen LogP contribution in [0.1, 0.15) is 37.3 Å². The summed E-state index contributed by atoms with van der Waals surface area (Å²) in [4.78, 5) is 44.9. The van der Waals surface area contributed by atoms with E-state index >= 15 is 0 Å². The lowest BCUT2D eigenvalue weighted by molar-refractivity contribution is -0.144. The molecule has 1 aromatic heterocycles. The normalized spacial score (nSPS) is 15.6. The highest BCUT2D eigenvalue weighted by molar-refractivity contribution is 5.92. The lowest BCUT2D eigenvalue weighted by atomic mass is 10.0. The minimum atomic E-state index is -0.699. The fourth-order valence-electron chi connectivity index (χ4n) is 4.89. The number of benzene rings is 2. The fraction of sp³-hybridized carbons (Fsp3) is 0.400. The number of anilines is 1. The van der Waals surface area contributed by atoms with Gasteiger partial charge in [0, 0.05) is 24.7 Å². The second kappa shape index (κ2) is 13.7. The Labute approximate surface area is 234 Å². The van der Waals surface area contributed by atoms with E-state index in [1.54, 1.807) is 18.2 Å². The Hall–Kier alpha value is -4.18. The number of amides is 2. The molecule has 40 heavy (non-hydrogen) atoms. The van der Waals surface area contributed by atoms with E-state index < -0.39 is 18.1 Å². The molecule has 2 heterocycles. The SMILES string of the molecule is CCCOC(=O)CN[C@H](Cc1ccc(OC)cc1)C(=O)N1CCC[C@H]1C(=O)NCc1ccc2c(N)nccc2c1. The zero-order chi connectivity index (χ0) is 28.5. The van der Waals surface area contributed by atoms with Gasteiger partial charge in [0.15, 0.2) is 0 Å². The second-order valence-corrected chi connectivity index (χ2v) is 9.87. The molecule has 0 bridgehead atoms. The van der Waals surface area contributed by atoms with Gasteiger partial charge in [0.1, 0.15) is 17.6 Å². The smallest absolute Gasteiger partial charge is 0.319 e. The third-order valence-corrected chi connectivity index (χ3v) is 7.02. The summed E-state index contributed by atoms with van der Waals surface area (Å²) in [6, 6.07) is 13.8. The number of nitrogens with one attached hydrogen (secondary N) is 2. The fourth-order valence-corrected chi connectivity index (χ4v) is 4.89. The summed E-state index contributed by atoms with van der Waals surface area (Å²) >= 11 is 0. The molecule has 10 nitrogen and oxygen atoms in total. The molecule has 0 aliphatic carbocycles. The van der Waals surface area contributed by atoms with E-state index in [0.717, 1.165) is 34.7 Å². The van der Waals surface area contributed by atoms with Crippen molar-refractivity contribution < 1.29 is 23.9 Å². The Bertz CT molecular complexity index is 1330. The number of nitrogens with two attached hydrogens (primary N) is 1. The van der Waals surface area contributed by atoms with Crippen LogP contribution in [0.25, 0.3) is 10.8 Å². The number of carbonyl (C=O) groups excluding carboxylic acids is 3. The largest absolute Gasteiger partial charge is 0.497 e. The number of pyridine rings is 1. The minimum absolute atomic E-state index is 0.0980. The molecule has 0 radical (unpaired) electrons. The molecule has 1 aliphatic heterocycles. The monoisotopic (exact) mass is 547 g/mol. The van der Waals surface area contributed by atoms with Gasteiger partial charge >= 0.3 is 5.97 Å². The van der Waals surface area contributed by atoms with E-state index in [1.807, 2.05) is 55.5 Å². The zero-order valence-corrected chi connectivity index (χ0v) is 23.0. The molecule has 4 rings (SSSR count). The van der Waals surface area contributed by atoms with Gasteiger partial charge in [0.2, 0.25) is 11.8 Å². The molecule has 1 saturated heterocycles. The Morgan fingerprint density at radius 3 is 2.65 bits per heavy atom. The van der Waals surface area contributed by atoms with Gasteiger partial charge in [-0.15, -0.1) is 0 Å². The highest BCUT2D eigenvalue weighted by Crippen LogP contribution is 2.22. The van der Waals surface area contributed by atoms with E-state index in [4.69, 9.17) is 15.2 Å². The van der Waals surface area contributed by atoms with Crippen LogP contribution in [0.4, 0.5) is 5.82 Å². The van der Waals surface area contributed by atoms with Crippen molar-refractivity contribution in [2.45, 2.75) is 51.2 Å². The lowest BCUT2D eigenvalue weighted by Gasteiger charge is -2.29. The van der Waals surface area contributed by atoms with Crippen molar-refractivity contribution in [2.24, 2.45) is 0 Å². The average Bonchev–Trinajstić information content (AvgIpc) is 3.47. The molecule has 3 aromatic rings. The van der Waals surface area contributed by atoms with Gasteiger partial charge in [0.25, 0.3) is 0 Å². The maximum atomic E-state index is 13.8. The van der Waals surface area contributed by atoms with Gasteiger partial charge in [0.05, 0.1) is 26.3 Å². The summed E-state index contributed by atoms with van der Waals surface area (Å²) in [6.45, 7) is 2.95. The topological polar surface area (TPSA) is 136 Å². The molecule has 1 aliphatic rings. The molecule has 1 fully saturated rings. The number of hydrogen-bond donors (Lipinski definition) is 3. The number of nitrogen functional groups attached to an aromatic ring is 1. The first-order valence-corrected chi connectivity index (χ1v) is 13.6. The number of likely N-dealkylation sites (tertiary alicyclic amines) is 1. The minimum Gasteiger partial charge on any atom is -0.497 e. The van der Waals surface area contributed by atoms with Gasteiger partial charge < -0.3 is 25.4 Å². The van der Waals surface area contributed by atoms with E-state index in [-0.39, 0.29) is 18.4 Å². The van der Waals surface area contributed by atoms with Gasteiger partial charge in [-0.2, -0.15) is 0 Å². The number of rotatable bonds is 12. The number of fused-ring (bicyclic) bond motifs is 1. The first-order valence-electron chi connectivity index (χ1n) is 13.6. The molecule has 2 aromatic carbocycles. The van der Waals surface area contributed by atoms with Gasteiger partial charge in [-0.05, 0) is 66.5 Å². The van der Waals surface area contributed by atoms with Crippen molar-refractivity contribution in [3.8, 4) is 5.75 Å². The van der Waals surface area contributed by atoms with E-state index in [2.05, 4.69) is 15.6 Å². The highest BCUT2D eigenvalue weighted by atomic mass is 16.5.